The molecule has 0 unspecified atom stereocenters. The predicted octanol–water partition coefficient (Wildman–Crippen LogP) is 3.87. The van der Waals surface area contributed by atoms with Crippen molar-refractivity contribution in [3.63, 3.8) is 0 Å². The molecule has 0 atom stereocenters. The Balaban J connectivity index is 1.97. The number of ketones is 1. The third kappa shape index (κ3) is 5.85. The van der Waals surface area contributed by atoms with Gasteiger partial charge in [-0.3, -0.25) is 14.4 Å². The molecule has 33 heavy (non-hydrogen) atoms. The summed E-state index contributed by atoms with van der Waals surface area (Å²) in [5, 5.41) is 0.491. The normalized spacial score (nSPS) is 10.5. The van der Waals surface area contributed by atoms with Crippen molar-refractivity contribution in [1.82, 2.24) is 14.9 Å². The van der Waals surface area contributed by atoms with E-state index in [0.717, 1.165) is 0 Å². The van der Waals surface area contributed by atoms with Crippen molar-refractivity contribution in [2.24, 2.45) is 0 Å². The highest BCUT2D eigenvalue weighted by Gasteiger charge is 2.23. The van der Waals surface area contributed by atoms with Crippen molar-refractivity contribution < 1.29 is 14.4 Å². The molecule has 0 fully saturated rings. The van der Waals surface area contributed by atoms with Gasteiger partial charge in [0.05, 0.1) is 28.7 Å². The number of aromatic nitrogens is 2. The van der Waals surface area contributed by atoms with Crippen molar-refractivity contribution in [3.05, 3.63) is 81.9 Å². The minimum atomic E-state index is -0.528. The van der Waals surface area contributed by atoms with Gasteiger partial charge in [-0.2, -0.15) is 0 Å². The standard InChI is InChI=1S/C23H21Cl2N5O3/c1-29(2)23(33)15-5-3-6-16(11-15)30(13-14-9-17(24)21(26)18(25)10-14)20(32)12-19(31)22-27-7-4-8-28-22/h3-11H,12-13,26H2,1-2H3. The van der Waals surface area contributed by atoms with Gasteiger partial charge in [-0.1, -0.05) is 29.3 Å². The van der Waals surface area contributed by atoms with Gasteiger partial charge in [0.1, 0.15) is 0 Å². The van der Waals surface area contributed by atoms with E-state index < -0.39 is 18.1 Å². The molecule has 0 aliphatic heterocycles. The summed E-state index contributed by atoms with van der Waals surface area (Å²) >= 11 is 12.3. The fraction of sp³-hybridized carbons (Fsp3) is 0.174. The molecule has 3 rings (SSSR count). The van der Waals surface area contributed by atoms with E-state index in [4.69, 9.17) is 28.9 Å². The third-order valence-corrected chi connectivity index (χ3v) is 5.34. The van der Waals surface area contributed by atoms with Crippen LogP contribution in [-0.2, 0) is 11.3 Å². The van der Waals surface area contributed by atoms with Crippen molar-refractivity contribution >= 4 is 52.2 Å². The third-order valence-electron chi connectivity index (χ3n) is 4.72. The SMILES string of the molecule is CN(C)C(=O)c1cccc(N(Cc2cc(Cl)c(N)c(Cl)c2)C(=O)CC(=O)c2ncccn2)c1. The molecular formula is C23H21Cl2N5O3. The van der Waals surface area contributed by atoms with Crippen LogP contribution in [0.1, 0.15) is 33.0 Å². The molecule has 0 aliphatic carbocycles. The van der Waals surface area contributed by atoms with Crippen LogP contribution in [0.15, 0.2) is 54.9 Å². The molecule has 170 valence electrons. The lowest BCUT2D eigenvalue weighted by Gasteiger charge is -2.24. The quantitative estimate of drug-likeness (QED) is 0.309. The van der Waals surface area contributed by atoms with E-state index in [1.807, 2.05) is 0 Å². The number of anilines is 2. The number of Topliss-reactive ketones (excluding diaryl/α,β-unsaturated/α-hetero) is 1. The van der Waals surface area contributed by atoms with Gasteiger partial charge in [0.2, 0.25) is 11.7 Å². The Morgan fingerprint density at radius 2 is 1.61 bits per heavy atom. The highest BCUT2D eigenvalue weighted by molar-refractivity contribution is 6.38. The number of rotatable bonds is 7. The summed E-state index contributed by atoms with van der Waals surface area (Å²) < 4.78 is 0. The Labute approximate surface area is 200 Å². The molecule has 3 aromatic rings. The lowest BCUT2D eigenvalue weighted by atomic mass is 10.1. The number of carbonyl (C=O) groups excluding carboxylic acids is 3. The Kier molecular flexibility index (Phi) is 7.63. The maximum Gasteiger partial charge on any atom is 0.253 e. The first-order valence-electron chi connectivity index (χ1n) is 9.83. The van der Waals surface area contributed by atoms with Crippen LogP contribution in [0.25, 0.3) is 0 Å². The van der Waals surface area contributed by atoms with Crippen molar-refractivity contribution in [1.29, 1.82) is 0 Å². The number of nitrogens with zero attached hydrogens (tertiary/aromatic N) is 4. The van der Waals surface area contributed by atoms with E-state index >= 15 is 0 Å². The summed E-state index contributed by atoms with van der Waals surface area (Å²) in [5.41, 5.74) is 7.47. The first kappa shape index (κ1) is 24.2. The van der Waals surface area contributed by atoms with Gasteiger partial charge >= 0.3 is 0 Å². The fourth-order valence-electron chi connectivity index (χ4n) is 3.05. The van der Waals surface area contributed by atoms with Gasteiger partial charge in [0.25, 0.3) is 5.91 Å². The van der Waals surface area contributed by atoms with E-state index in [0.29, 0.717) is 16.8 Å². The zero-order valence-corrected chi connectivity index (χ0v) is 19.5. The number of nitrogens with two attached hydrogens (primary N) is 1. The zero-order valence-electron chi connectivity index (χ0n) is 18.0. The Hall–Kier alpha value is -3.49. The molecular weight excluding hydrogens is 465 g/mol. The molecule has 0 bridgehead atoms. The summed E-state index contributed by atoms with van der Waals surface area (Å²) in [7, 11) is 3.27. The van der Waals surface area contributed by atoms with Crippen LogP contribution in [-0.4, -0.2) is 46.6 Å². The van der Waals surface area contributed by atoms with Gasteiger partial charge in [-0.05, 0) is 42.0 Å². The highest BCUT2D eigenvalue weighted by Crippen LogP contribution is 2.30. The average molecular weight is 486 g/mol. The average Bonchev–Trinajstić information content (AvgIpc) is 2.80. The summed E-state index contributed by atoms with van der Waals surface area (Å²) in [5.74, 6) is -1.32. The molecule has 8 nitrogen and oxygen atoms in total. The smallest absolute Gasteiger partial charge is 0.253 e. The van der Waals surface area contributed by atoms with Crippen LogP contribution in [0, 0.1) is 0 Å². The van der Waals surface area contributed by atoms with Crippen molar-refractivity contribution in [2.75, 3.05) is 24.7 Å². The number of amides is 2. The minimum absolute atomic E-state index is 0.0427. The summed E-state index contributed by atoms with van der Waals surface area (Å²) in [6.07, 6.45) is 2.39. The molecule has 2 aromatic carbocycles. The lowest BCUT2D eigenvalue weighted by molar-refractivity contribution is -0.117. The second-order valence-corrected chi connectivity index (χ2v) is 8.19. The molecule has 0 radical (unpaired) electrons. The second kappa shape index (κ2) is 10.4. The molecule has 1 heterocycles. The first-order chi connectivity index (χ1) is 15.7. The Morgan fingerprint density at radius 1 is 0.970 bits per heavy atom. The number of hydrogen-bond acceptors (Lipinski definition) is 6. The topological polar surface area (TPSA) is 109 Å². The van der Waals surface area contributed by atoms with Crippen LogP contribution < -0.4 is 10.6 Å². The van der Waals surface area contributed by atoms with E-state index in [2.05, 4.69) is 9.97 Å². The van der Waals surface area contributed by atoms with E-state index in [-0.39, 0.29) is 34.0 Å². The molecule has 0 saturated carbocycles. The van der Waals surface area contributed by atoms with E-state index in [9.17, 15) is 14.4 Å². The largest absolute Gasteiger partial charge is 0.396 e. The number of nitrogen functional groups attached to an aromatic ring is 1. The maximum atomic E-state index is 13.2. The molecule has 1 aromatic heterocycles. The van der Waals surface area contributed by atoms with Crippen LogP contribution in [0.3, 0.4) is 0 Å². The molecule has 0 spiro atoms. The fourth-order valence-corrected chi connectivity index (χ4v) is 3.59. The van der Waals surface area contributed by atoms with Crippen LogP contribution in [0.4, 0.5) is 11.4 Å². The number of carbonyl (C=O) groups is 3. The first-order valence-corrected chi connectivity index (χ1v) is 10.6. The van der Waals surface area contributed by atoms with Gasteiger partial charge in [-0.15, -0.1) is 0 Å². The zero-order chi connectivity index (χ0) is 24.1. The molecule has 0 saturated heterocycles. The van der Waals surface area contributed by atoms with Crippen LogP contribution >= 0.6 is 23.2 Å². The van der Waals surface area contributed by atoms with E-state index in [1.165, 1.54) is 22.2 Å². The van der Waals surface area contributed by atoms with Gasteiger partial charge in [0.15, 0.2) is 5.82 Å². The highest BCUT2D eigenvalue weighted by atomic mass is 35.5. The summed E-state index contributed by atoms with van der Waals surface area (Å²) in [6, 6.07) is 11.3. The Bertz CT molecular complexity index is 1180. The monoisotopic (exact) mass is 485 g/mol. The van der Waals surface area contributed by atoms with Gasteiger partial charge in [0, 0.05) is 37.7 Å². The van der Waals surface area contributed by atoms with Gasteiger partial charge < -0.3 is 15.5 Å². The number of halogens is 2. The lowest BCUT2D eigenvalue weighted by Crippen LogP contribution is -2.32. The number of benzene rings is 2. The second-order valence-electron chi connectivity index (χ2n) is 7.38. The number of hydrogen-bond donors (Lipinski definition) is 1. The maximum absolute atomic E-state index is 13.2. The molecule has 2 N–H and O–H groups in total. The van der Waals surface area contributed by atoms with Gasteiger partial charge in [-0.25, -0.2) is 9.97 Å². The van der Waals surface area contributed by atoms with Crippen LogP contribution in [0.2, 0.25) is 10.0 Å². The molecule has 0 aliphatic rings. The molecule has 2 amide bonds. The van der Waals surface area contributed by atoms with Crippen LogP contribution in [0.5, 0.6) is 0 Å². The van der Waals surface area contributed by atoms with Crippen molar-refractivity contribution in [2.45, 2.75) is 13.0 Å². The summed E-state index contributed by atoms with van der Waals surface area (Å²) in [6.45, 7) is 0.0427. The predicted molar refractivity (Wildman–Crippen MR) is 128 cm³/mol. The minimum Gasteiger partial charge on any atom is -0.396 e. The Morgan fingerprint density at radius 3 is 2.21 bits per heavy atom. The molecule has 10 heteroatoms. The van der Waals surface area contributed by atoms with E-state index in [1.54, 1.807) is 56.6 Å². The summed E-state index contributed by atoms with van der Waals surface area (Å²) in [4.78, 5) is 48.9. The van der Waals surface area contributed by atoms with Crippen molar-refractivity contribution in [3.8, 4) is 0 Å².